The van der Waals surface area contributed by atoms with E-state index in [9.17, 15) is 4.79 Å². The zero-order valence-electron chi connectivity index (χ0n) is 11.1. The van der Waals surface area contributed by atoms with Gasteiger partial charge in [0.15, 0.2) is 0 Å². The van der Waals surface area contributed by atoms with Crippen LogP contribution in [0.25, 0.3) is 0 Å². The molecule has 0 radical (unpaired) electrons. The molecule has 0 aliphatic carbocycles. The van der Waals surface area contributed by atoms with E-state index in [-0.39, 0.29) is 0 Å². The van der Waals surface area contributed by atoms with Gasteiger partial charge in [-0.15, -0.1) is 0 Å². The number of hydrogen-bond donors (Lipinski definition) is 2. The number of aryl methyl sites for hydroxylation is 3. The van der Waals surface area contributed by atoms with Gasteiger partial charge >= 0.3 is 5.97 Å². The number of aromatic nitrogens is 2. The molecule has 98 valence electrons. The summed E-state index contributed by atoms with van der Waals surface area (Å²) >= 11 is 0. The van der Waals surface area contributed by atoms with Crippen molar-refractivity contribution >= 4 is 17.5 Å². The minimum Gasteiger partial charge on any atom is -0.478 e. The lowest BCUT2D eigenvalue weighted by atomic mass is 10.1. The Kier molecular flexibility index (Phi) is 3.46. The fourth-order valence-corrected chi connectivity index (χ4v) is 1.73. The molecule has 2 N–H and O–H groups in total. The van der Waals surface area contributed by atoms with Crippen LogP contribution in [0, 0.1) is 20.8 Å². The van der Waals surface area contributed by atoms with Crippen LogP contribution in [0.15, 0.2) is 24.4 Å². The predicted molar refractivity (Wildman–Crippen MR) is 72.9 cm³/mol. The molecule has 0 bridgehead atoms. The summed E-state index contributed by atoms with van der Waals surface area (Å²) < 4.78 is 0. The van der Waals surface area contributed by atoms with Gasteiger partial charge in [0.25, 0.3) is 0 Å². The second kappa shape index (κ2) is 5.06. The van der Waals surface area contributed by atoms with Gasteiger partial charge in [0.05, 0.1) is 23.1 Å². The molecule has 0 amide bonds. The fraction of sp³-hybridized carbons (Fsp3) is 0.214. The first-order chi connectivity index (χ1) is 8.97. The Morgan fingerprint density at radius 1 is 1.21 bits per heavy atom. The normalized spacial score (nSPS) is 10.3. The van der Waals surface area contributed by atoms with Crippen molar-refractivity contribution in [3.8, 4) is 0 Å². The second-order valence-corrected chi connectivity index (χ2v) is 4.39. The molecule has 0 aliphatic rings. The molecule has 0 saturated heterocycles. The highest BCUT2D eigenvalue weighted by Gasteiger charge is 2.07. The Labute approximate surface area is 111 Å². The average Bonchev–Trinajstić information content (AvgIpc) is 2.33. The molecule has 1 heterocycles. The van der Waals surface area contributed by atoms with E-state index in [1.54, 1.807) is 31.3 Å². The van der Waals surface area contributed by atoms with Gasteiger partial charge in [-0.2, -0.15) is 0 Å². The van der Waals surface area contributed by atoms with Crippen LogP contribution in [0.4, 0.5) is 11.5 Å². The molecule has 5 nitrogen and oxygen atoms in total. The van der Waals surface area contributed by atoms with Crippen molar-refractivity contribution in [2.45, 2.75) is 20.8 Å². The Morgan fingerprint density at radius 2 is 1.95 bits per heavy atom. The predicted octanol–water partition coefficient (Wildman–Crippen LogP) is 2.84. The topological polar surface area (TPSA) is 75.1 Å². The molecule has 19 heavy (non-hydrogen) atoms. The molecular formula is C14H15N3O2. The van der Waals surface area contributed by atoms with Crippen molar-refractivity contribution < 1.29 is 9.90 Å². The van der Waals surface area contributed by atoms with E-state index >= 15 is 0 Å². The van der Waals surface area contributed by atoms with Crippen molar-refractivity contribution in [1.82, 2.24) is 9.97 Å². The molecule has 0 spiro atoms. The molecule has 0 atom stereocenters. The van der Waals surface area contributed by atoms with E-state index in [1.807, 2.05) is 13.8 Å². The third kappa shape index (κ3) is 2.88. The summed E-state index contributed by atoms with van der Waals surface area (Å²) in [7, 11) is 0. The van der Waals surface area contributed by atoms with Crippen molar-refractivity contribution in [2.75, 3.05) is 5.32 Å². The molecule has 1 aromatic heterocycles. The van der Waals surface area contributed by atoms with Crippen LogP contribution in [0.5, 0.6) is 0 Å². The van der Waals surface area contributed by atoms with Gasteiger partial charge < -0.3 is 10.4 Å². The number of rotatable bonds is 3. The van der Waals surface area contributed by atoms with E-state index in [0.29, 0.717) is 16.9 Å². The number of hydrogen-bond acceptors (Lipinski definition) is 4. The van der Waals surface area contributed by atoms with E-state index in [1.165, 1.54) is 0 Å². The summed E-state index contributed by atoms with van der Waals surface area (Å²) in [6, 6.07) is 5.07. The number of nitrogens with zero attached hydrogens (tertiary/aromatic N) is 2. The maximum atomic E-state index is 10.9. The summed E-state index contributed by atoms with van der Waals surface area (Å²) in [4.78, 5) is 19.5. The van der Waals surface area contributed by atoms with E-state index in [0.717, 1.165) is 17.1 Å². The monoisotopic (exact) mass is 257 g/mol. The summed E-state index contributed by atoms with van der Waals surface area (Å²) in [5, 5.41) is 12.1. The van der Waals surface area contributed by atoms with E-state index in [4.69, 9.17) is 5.11 Å². The smallest absolute Gasteiger partial charge is 0.335 e. The third-order valence-electron chi connectivity index (χ3n) is 2.92. The van der Waals surface area contributed by atoms with Crippen LogP contribution < -0.4 is 5.32 Å². The van der Waals surface area contributed by atoms with Gasteiger partial charge in [-0.1, -0.05) is 0 Å². The van der Waals surface area contributed by atoms with Crippen molar-refractivity contribution in [2.24, 2.45) is 0 Å². The number of carboxylic acid groups (broad SMARTS) is 1. The average molecular weight is 257 g/mol. The molecular weight excluding hydrogens is 242 g/mol. The van der Waals surface area contributed by atoms with Gasteiger partial charge in [0.2, 0.25) is 0 Å². The number of carbonyl (C=O) groups is 1. The molecule has 0 aliphatic heterocycles. The van der Waals surface area contributed by atoms with Crippen LogP contribution in [0.3, 0.4) is 0 Å². The minimum absolute atomic E-state index is 0.303. The van der Waals surface area contributed by atoms with Crippen molar-refractivity contribution in [3.05, 3.63) is 46.9 Å². The first-order valence-electron chi connectivity index (χ1n) is 5.88. The molecule has 1 aromatic carbocycles. The minimum atomic E-state index is -0.921. The summed E-state index contributed by atoms with van der Waals surface area (Å²) in [5.74, 6) is -0.277. The number of nitrogens with one attached hydrogen (secondary N) is 1. The maximum Gasteiger partial charge on any atom is 0.335 e. The Balaban J connectivity index is 2.26. The Bertz CT molecular complexity index is 639. The molecule has 0 fully saturated rings. The Morgan fingerprint density at radius 3 is 2.53 bits per heavy atom. The van der Waals surface area contributed by atoms with Gasteiger partial charge in [0, 0.05) is 5.69 Å². The first kappa shape index (κ1) is 13.0. The quantitative estimate of drug-likeness (QED) is 0.884. The van der Waals surface area contributed by atoms with Crippen molar-refractivity contribution in [3.63, 3.8) is 0 Å². The highest BCUT2D eigenvalue weighted by Crippen LogP contribution is 2.19. The van der Waals surface area contributed by atoms with Crippen LogP contribution in [0.1, 0.15) is 27.3 Å². The number of benzene rings is 1. The number of anilines is 2. The SMILES string of the molecule is Cc1cc(Nc2cnc(C)c(C)n2)ccc1C(=O)O. The summed E-state index contributed by atoms with van der Waals surface area (Å²) in [6.45, 7) is 5.56. The van der Waals surface area contributed by atoms with Gasteiger partial charge in [-0.05, 0) is 44.5 Å². The van der Waals surface area contributed by atoms with Gasteiger partial charge in [-0.3, -0.25) is 4.98 Å². The van der Waals surface area contributed by atoms with E-state index in [2.05, 4.69) is 15.3 Å². The van der Waals surface area contributed by atoms with Crippen LogP contribution >= 0.6 is 0 Å². The molecule has 0 saturated carbocycles. The van der Waals surface area contributed by atoms with Gasteiger partial charge in [-0.25, -0.2) is 9.78 Å². The lowest BCUT2D eigenvalue weighted by molar-refractivity contribution is 0.0696. The first-order valence-corrected chi connectivity index (χ1v) is 5.88. The van der Waals surface area contributed by atoms with E-state index < -0.39 is 5.97 Å². The second-order valence-electron chi connectivity index (χ2n) is 4.39. The zero-order chi connectivity index (χ0) is 14.0. The van der Waals surface area contributed by atoms with Crippen LogP contribution in [-0.4, -0.2) is 21.0 Å². The van der Waals surface area contributed by atoms with Crippen molar-refractivity contribution in [1.29, 1.82) is 0 Å². The summed E-state index contributed by atoms with van der Waals surface area (Å²) in [6.07, 6.45) is 1.66. The largest absolute Gasteiger partial charge is 0.478 e. The molecule has 0 unspecified atom stereocenters. The van der Waals surface area contributed by atoms with Crippen LogP contribution in [-0.2, 0) is 0 Å². The standard InChI is InChI=1S/C14H15N3O2/c1-8-6-11(4-5-12(8)14(18)19)17-13-7-15-9(2)10(3)16-13/h4-7H,1-3H3,(H,16,17)(H,18,19). The molecule has 5 heteroatoms. The Hall–Kier alpha value is -2.43. The molecule has 2 rings (SSSR count). The van der Waals surface area contributed by atoms with Crippen LogP contribution in [0.2, 0.25) is 0 Å². The fourth-order valence-electron chi connectivity index (χ4n) is 1.73. The van der Waals surface area contributed by atoms with Gasteiger partial charge in [0.1, 0.15) is 5.82 Å². The third-order valence-corrected chi connectivity index (χ3v) is 2.92. The molecule has 2 aromatic rings. The lowest BCUT2D eigenvalue weighted by Crippen LogP contribution is -2.02. The maximum absolute atomic E-state index is 10.9. The highest BCUT2D eigenvalue weighted by molar-refractivity contribution is 5.90. The lowest BCUT2D eigenvalue weighted by Gasteiger charge is -2.09. The number of carboxylic acids is 1. The zero-order valence-corrected chi connectivity index (χ0v) is 11.1. The highest BCUT2D eigenvalue weighted by atomic mass is 16.4. The number of aromatic carboxylic acids is 1. The summed E-state index contributed by atoms with van der Waals surface area (Å²) in [5.41, 5.74) is 3.55.